The smallest absolute Gasteiger partial charge is 0.326 e. The number of carbonyl (C=O) groups excluding carboxylic acids is 3. The maximum absolute atomic E-state index is 12.8. The Bertz CT molecular complexity index is 681. The highest BCUT2D eigenvalue weighted by Gasteiger charge is 2.32. The molecule has 3 amide bonds. The van der Waals surface area contributed by atoms with Crippen LogP contribution in [-0.4, -0.2) is 75.3 Å². The first-order valence-corrected chi connectivity index (χ1v) is 10.5. The molecule has 0 aliphatic rings. The fourth-order valence-electron chi connectivity index (χ4n) is 2.77. The van der Waals surface area contributed by atoms with Crippen molar-refractivity contribution in [3.05, 3.63) is 0 Å². The number of aliphatic carboxylic acids is 2. The van der Waals surface area contributed by atoms with Crippen molar-refractivity contribution in [1.82, 2.24) is 16.0 Å². The Hall–Kier alpha value is -2.73. The third-order valence-corrected chi connectivity index (χ3v) is 4.67. The number of carboxylic acids is 2. The van der Waals surface area contributed by atoms with Gasteiger partial charge in [-0.1, -0.05) is 27.7 Å². The average Bonchev–Trinajstić information content (AvgIpc) is 2.66. The van der Waals surface area contributed by atoms with E-state index in [0.717, 1.165) is 0 Å². The number of amides is 3. The number of carboxylic acid groups (broad SMARTS) is 2. The van der Waals surface area contributed by atoms with Gasteiger partial charge in [-0.15, -0.1) is 0 Å². The lowest BCUT2D eigenvalue weighted by Crippen LogP contribution is -2.59. The zero-order valence-corrected chi connectivity index (χ0v) is 19.1. The van der Waals surface area contributed by atoms with Crippen LogP contribution in [0.1, 0.15) is 53.9 Å². The Morgan fingerprint density at radius 1 is 0.812 bits per heavy atom. The summed E-state index contributed by atoms with van der Waals surface area (Å²) in [7, 11) is 0. The molecule has 8 N–H and O–H groups in total. The van der Waals surface area contributed by atoms with Gasteiger partial charge in [-0.05, 0) is 31.6 Å². The van der Waals surface area contributed by atoms with Crippen molar-refractivity contribution in [1.29, 1.82) is 0 Å². The monoisotopic (exact) mass is 460 g/mol. The third-order valence-electron chi connectivity index (χ3n) is 4.67. The van der Waals surface area contributed by atoms with E-state index in [2.05, 4.69) is 16.0 Å². The van der Waals surface area contributed by atoms with Gasteiger partial charge in [0.25, 0.3) is 0 Å². The lowest BCUT2D eigenvalue weighted by Gasteiger charge is -2.27. The largest absolute Gasteiger partial charge is 0.481 e. The molecular formula is C20H36N4O8. The van der Waals surface area contributed by atoms with E-state index >= 15 is 0 Å². The van der Waals surface area contributed by atoms with E-state index in [1.54, 1.807) is 27.7 Å². The van der Waals surface area contributed by atoms with Gasteiger partial charge in [-0.25, -0.2) is 4.79 Å². The van der Waals surface area contributed by atoms with Crippen LogP contribution in [0.4, 0.5) is 0 Å². The molecule has 0 aromatic rings. The van der Waals surface area contributed by atoms with Gasteiger partial charge in [0.2, 0.25) is 17.7 Å². The molecule has 5 unspecified atom stereocenters. The van der Waals surface area contributed by atoms with E-state index in [4.69, 9.17) is 10.8 Å². The fraction of sp³-hybridized carbons (Fsp3) is 0.750. The number of nitrogens with one attached hydrogen (secondary N) is 3. The van der Waals surface area contributed by atoms with Crippen LogP contribution in [0.3, 0.4) is 0 Å². The van der Waals surface area contributed by atoms with E-state index in [1.165, 1.54) is 6.92 Å². The molecule has 12 nitrogen and oxygen atoms in total. The highest BCUT2D eigenvalue weighted by molar-refractivity contribution is 5.94. The summed E-state index contributed by atoms with van der Waals surface area (Å²) in [5.74, 6) is -5.32. The maximum Gasteiger partial charge on any atom is 0.326 e. The molecule has 0 bridgehead atoms. The van der Waals surface area contributed by atoms with Gasteiger partial charge >= 0.3 is 11.9 Å². The molecule has 32 heavy (non-hydrogen) atoms. The first-order chi connectivity index (χ1) is 14.7. The quantitative estimate of drug-likeness (QED) is 0.166. The Kier molecular flexibility index (Phi) is 12.5. The molecule has 0 aliphatic heterocycles. The van der Waals surface area contributed by atoms with Gasteiger partial charge in [-0.3, -0.25) is 19.2 Å². The summed E-state index contributed by atoms with van der Waals surface area (Å²) in [6.45, 7) is 8.14. The summed E-state index contributed by atoms with van der Waals surface area (Å²) >= 11 is 0. The van der Waals surface area contributed by atoms with E-state index < -0.39 is 72.3 Å². The second-order valence-corrected chi connectivity index (χ2v) is 8.52. The predicted octanol–water partition coefficient (Wildman–Crippen LogP) is -1.20. The second-order valence-electron chi connectivity index (χ2n) is 8.52. The molecule has 0 saturated carbocycles. The highest BCUT2D eigenvalue weighted by atomic mass is 16.4. The van der Waals surface area contributed by atoms with Crippen LogP contribution in [0, 0.1) is 11.8 Å². The fourth-order valence-corrected chi connectivity index (χ4v) is 2.77. The molecule has 12 heteroatoms. The highest BCUT2D eigenvalue weighted by Crippen LogP contribution is 2.09. The predicted molar refractivity (Wildman–Crippen MR) is 114 cm³/mol. The van der Waals surface area contributed by atoms with Crippen LogP contribution in [0.5, 0.6) is 0 Å². The van der Waals surface area contributed by atoms with E-state index in [-0.39, 0.29) is 18.8 Å². The van der Waals surface area contributed by atoms with Crippen LogP contribution in [-0.2, 0) is 24.0 Å². The van der Waals surface area contributed by atoms with Crippen molar-refractivity contribution in [2.75, 3.05) is 0 Å². The Labute approximate surface area is 187 Å². The molecule has 184 valence electrons. The lowest BCUT2D eigenvalue weighted by atomic mass is 10.0. The number of nitrogens with two attached hydrogens (primary N) is 1. The molecule has 0 aromatic carbocycles. The Morgan fingerprint density at radius 3 is 1.75 bits per heavy atom. The molecule has 5 atom stereocenters. The van der Waals surface area contributed by atoms with Gasteiger partial charge in [0, 0.05) is 6.42 Å². The van der Waals surface area contributed by atoms with Gasteiger partial charge in [0.05, 0.1) is 6.10 Å². The molecule has 0 aromatic heterocycles. The zero-order chi connectivity index (χ0) is 25.2. The summed E-state index contributed by atoms with van der Waals surface area (Å²) in [5.41, 5.74) is 5.58. The van der Waals surface area contributed by atoms with E-state index in [0.29, 0.717) is 0 Å². The normalized spacial score (nSPS) is 15.9. The van der Waals surface area contributed by atoms with Crippen molar-refractivity contribution in [3.8, 4) is 0 Å². The minimum absolute atomic E-state index is 0.0397. The van der Waals surface area contributed by atoms with Crippen LogP contribution in [0.15, 0.2) is 0 Å². The topological polar surface area (TPSA) is 208 Å². The van der Waals surface area contributed by atoms with E-state index in [1.807, 2.05) is 0 Å². The van der Waals surface area contributed by atoms with Crippen LogP contribution < -0.4 is 21.7 Å². The summed E-state index contributed by atoms with van der Waals surface area (Å²) in [6, 6.07) is -4.95. The second kappa shape index (κ2) is 13.6. The number of aliphatic hydroxyl groups excluding tert-OH is 1. The molecule has 0 rings (SSSR count). The molecular weight excluding hydrogens is 424 g/mol. The Balaban J connectivity index is 5.52. The zero-order valence-electron chi connectivity index (χ0n) is 19.1. The Morgan fingerprint density at radius 2 is 1.34 bits per heavy atom. The van der Waals surface area contributed by atoms with Gasteiger partial charge in [0.15, 0.2) is 0 Å². The van der Waals surface area contributed by atoms with Crippen LogP contribution in [0.25, 0.3) is 0 Å². The van der Waals surface area contributed by atoms with Gasteiger partial charge in [-0.2, -0.15) is 0 Å². The maximum atomic E-state index is 12.8. The molecule has 0 radical (unpaired) electrons. The van der Waals surface area contributed by atoms with Crippen LogP contribution >= 0.6 is 0 Å². The molecule has 0 heterocycles. The third kappa shape index (κ3) is 10.5. The minimum Gasteiger partial charge on any atom is -0.481 e. The molecule has 0 aliphatic carbocycles. The first kappa shape index (κ1) is 29.3. The van der Waals surface area contributed by atoms with E-state index in [9.17, 15) is 34.2 Å². The summed E-state index contributed by atoms with van der Waals surface area (Å²) in [4.78, 5) is 60.1. The molecule has 0 fully saturated rings. The van der Waals surface area contributed by atoms with Crippen molar-refractivity contribution >= 4 is 29.7 Å². The minimum atomic E-state index is -1.34. The first-order valence-electron chi connectivity index (χ1n) is 10.5. The number of carbonyl (C=O) groups is 5. The number of aliphatic hydroxyl groups is 1. The van der Waals surface area contributed by atoms with Gasteiger partial charge in [0.1, 0.15) is 24.2 Å². The average molecular weight is 461 g/mol. The van der Waals surface area contributed by atoms with Crippen molar-refractivity contribution < 1.29 is 39.3 Å². The van der Waals surface area contributed by atoms with Crippen molar-refractivity contribution in [3.63, 3.8) is 0 Å². The number of hydrogen-bond donors (Lipinski definition) is 7. The van der Waals surface area contributed by atoms with Crippen molar-refractivity contribution in [2.45, 2.75) is 84.2 Å². The van der Waals surface area contributed by atoms with Crippen LogP contribution in [0.2, 0.25) is 0 Å². The lowest BCUT2D eigenvalue weighted by molar-refractivity contribution is -0.143. The summed E-state index contributed by atoms with van der Waals surface area (Å²) in [5, 5.41) is 34.9. The SMILES string of the molecule is CC(C)CC(NC(=O)C(CCC(=O)O)NC(=O)C(NC(=O)C(N)C(C)O)C(C)C)C(=O)O. The van der Waals surface area contributed by atoms with Gasteiger partial charge < -0.3 is 37.0 Å². The number of hydrogen-bond acceptors (Lipinski definition) is 7. The van der Waals surface area contributed by atoms with Crippen molar-refractivity contribution in [2.24, 2.45) is 17.6 Å². The molecule has 0 saturated heterocycles. The standard InChI is InChI=1S/C20H36N4O8/c1-9(2)8-13(20(31)32)23-17(28)12(6-7-14(26)27)22-19(30)16(10(3)4)24-18(29)15(21)11(5)25/h9-13,15-16,25H,6-8,21H2,1-5H3,(H,22,30)(H,23,28)(H,24,29)(H,26,27)(H,31,32). The molecule has 0 spiro atoms. The number of rotatable bonds is 14. The summed E-state index contributed by atoms with van der Waals surface area (Å²) in [6.07, 6.45) is -1.75. The summed E-state index contributed by atoms with van der Waals surface area (Å²) < 4.78 is 0.